The van der Waals surface area contributed by atoms with Crippen molar-refractivity contribution in [1.29, 1.82) is 0 Å². The van der Waals surface area contributed by atoms with Gasteiger partial charge < -0.3 is 24.9 Å². The van der Waals surface area contributed by atoms with Crippen molar-refractivity contribution in [2.45, 2.75) is 50.2 Å². The molecular formula is C30H33BrN2O5Si. The Labute approximate surface area is 238 Å². The van der Waals surface area contributed by atoms with Gasteiger partial charge >= 0.3 is 0 Å². The van der Waals surface area contributed by atoms with Crippen LogP contribution in [0.4, 0.5) is 11.4 Å². The maximum atomic E-state index is 14.4. The van der Waals surface area contributed by atoms with Gasteiger partial charge in [-0.15, -0.1) is 0 Å². The van der Waals surface area contributed by atoms with Crippen molar-refractivity contribution in [2.24, 2.45) is 5.92 Å². The molecule has 1 spiro atoms. The summed E-state index contributed by atoms with van der Waals surface area (Å²) in [5, 5.41) is 12.7. The largest absolute Gasteiger partial charge is 0.432 e. The molecule has 4 atom stereocenters. The Morgan fingerprint density at radius 2 is 1.85 bits per heavy atom. The number of fused-ring (bicyclic) bond motifs is 2. The van der Waals surface area contributed by atoms with Gasteiger partial charge in [-0.25, -0.2) is 0 Å². The van der Waals surface area contributed by atoms with Crippen LogP contribution in [0, 0.1) is 5.92 Å². The lowest BCUT2D eigenvalue weighted by Gasteiger charge is -2.32. The molecule has 0 aromatic heterocycles. The SMILES string of the molecule is C[C@@H]1[C@@H]([Si](C)(C)O)[C@H](CCO)O[C@@]12C(=O)N(Cc1cccc(NC(=O)c3ccccc3)c1)c1ccc(Br)cc12. The van der Waals surface area contributed by atoms with Gasteiger partial charge in [-0.3, -0.25) is 9.59 Å². The number of hydrogen-bond donors (Lipinski definition) is 3. The fraction of sp³-hybridized carbons (Fsp3) is 0.333. The van der Waals surface area contributed by atoms with Crippen LogP contribution in [0.5, 0.6) is 0 Å². The first-order valence-electron chi connectivity index (χ1n) is 13.1. The highest BCUT2D eigenvalue weighted by molar-refractivity contribution is 9.10. The lowest BCUT2D eigenvalue weighted by Crippen LogP contribution is -2.46. The zero-order valence-corrected chi connectivity index (χ0v) is 24.8. The van der Waals surface area contributed by atoms with Crippen LogP contribution < -0.4 is 10.2 Å². The fourth-order valence-electron chi connectivity index (χ4n) is 6.33. The maximum Gasteiger partial charge on any atom is 0.264 e. The van der Waals surface area contributed by atoms with E-state index in [1.165, 1.54) is 0 Å². The third-order valence-corrected chi connectivity index (χ3v) is 10.9. The first-order valence-corrected chi connectivity index (χ1v) is 17.0. The Morgan fingerprint density at radius 3 is 2.54 bits per heavy atom. The predicted molar refractivity (Wildman–Crippen MR) is 157 cm³/mol. The number of nitrogens with zero attached hydrogens (tertiary/aromatic N) is 1. The van der Waals surface area contributed by atoms with Crippen LogP contribution in [0.15, 0.2) is 77.3 Å². The van der Waals surface area contributed by atoms with Gasteiger partial charge in [0.1, 0.15) is 0 Å². The molecule has 2 aliphatic heterocycles. The molecule has 2 heterocycles. The molecule has 9 heteroatoms. The lowest BCUT2D eigenvalue weighted by atomic mass is 9.82. The highest BCUT2D eigenvalue weighted by Gasteiger charge is 2.66. The Hall–Kier alpha value is -2.82. The van der Waals surface area contributed by atoms with Crippen molar-refractivity contribution in [3.8, 4) is 0 Å². The average molecular weight is 610 g/mol. The summed E-state index contributed by atoms with van der Waals surface area (Å²) in [7, 11) is -2.75. The number of amides is 2. The highest BCUT2D eigenvalue weighted by atomic mass is 79.9. The van der Waals surface area contributed by atoms with Gasteiger partial charge in [0.25, 0.3) is 11.8 Å². The third-order valence-electron chi connectivity index (χ3n) is 7.92. The van der Waals surface area contributed by atoms with E-state index >= 15 is 0 Å². The number of hydrogen-bond acceptors (Lipinski definition) is 5. The van der Waals surface area contributed by atoms with Crippen LogP contribution in [0.1, 0.15) is 34.8 Å². The molecule has 3 N–H and O–H groups in total. The molecule has 3 aromatic carbocycles. The summed E-state index contributed by atoms with van der Waals surface area (Å²) in [6.07, 6.45) is -0.0722. The van der Waals surface area contributed by atoms with Gasteiger partial charge in [0.05, 0.1) is 18.3 Å². The molecule has 1 fully saturated rings. The molecule has 1 saturated heterocycles. The highest BCUT2D eigenvalue weighted by Crippen LogP contribution is 2.60. The zero-order chi connectivity index (χ0) is 27.9. The first-order chi connectivity index (χ1) is 18.6. The van der Waals surface area contributed by atoms with Crippen molar-refractivity contribution >= 4 is 47.4 Å². The Kier molecular flexibility index (Phi) is 7.56. The third kappa shape index (κ3) is 4.98. The second kappa shape index (κ2) is 10.6. The van der Waals surface area contributed by atoms with E-state index in [0.717, 1.165) is 21.3 Å². The number of carbonyl (C=O) groups excluding carboxylic acids is 2. The molecule has 204 valence electrons. The van der Waals surface area contributed by atoms with Crippen LogP contribution >= 0.6 is 15.9 Å². The summed E-state index contributed by atoms with van der Waals surface area (Å²) in [5.41, 5.74) is 2.11. The van der Waals surface area contributed by atoms with Gasteiger partial charge in [0, 0.05) is 39.4 Å². The second-order valence-electron chi connectivity index (χ2n) is 10.9. The molecule has 0 saturated carbocycles. The minimum atomic E-state index is -2.75. The van der Waals surface area contributed by atoms with E-state index in [1.807, 2.05) is 80.7 Å². The Morgan fingerprint density at radius 1 is 1.10 bits per heavy atom. The number of rotatable bonds is 7. The van der Waals surface area contributed by atoms with E-state index in [-0.39, 0.29) is 36.4 Å². The number of aliphatic hydroxyl groups is 1. The molecule has 0 unspecified atom stereocenters. The second-order valence-corrected chi connectivity index (χ2v) is 15.8. The summed E-state index contributed by atoms with van der Waals surface area (Å²) in [6.45, 7) is 5.93. The minimum Gasteiger partial charge on any atom is -0.432 e. The van der Waals surface area contributed by atoms with Crippen LogP contribution in [-0.2, 0) is 21.7 Å². The average Bonchev–Trinajstić information content (AvgIpc) is 3.31. The van der Waals surface area contributed by atoms with E-state index in [1.54, 1.807) is 17.0 Å². The van der Waals surface area contributed by atoms with Gasteiger partial charge in [-0.1, -0.05) is 53.2 Å². The summed E-state index contributed by atoms with van der Waals surface area (Å²) in [5.74, 6) is -0.669. The molecule has 7 nitrogen and oxygen atoms in total. The van der Waals surface area contributed by atoms with Crippen molar-refractivity contribution in [2.75, 3.05) is 16.8 Å². The van der Waals surface area contributed by atoms with E-state index in [2.05, 4.69) is 21.2 Å². The van der Waals surface area contributed by atoms with Gasteiger partial charge in [0.15, 0.2) is 13.9 Å². The maximum absolute atomic E-state index is 14.4. The number of aliphatic hydroxyl groups excluding tert-OH is 1. The van der Waals surface area contributed by atoms with Crippen LogP contribution in [-0.4, -0.2) is 42.7 Å². The summed E-state index contributed by atoms with van der Waals surface area (Å²) < 4.78 is 7.47. The van der Waals surface area contributed by atoms with E-state index in [9.17, 15) is 19.5 Å². The Bertz CT molecular complexity index is 1400. The van der Waals surface area contributed by atoms with E-state index < -0.39 is 20.0 Å². The molecule has 0 radical (unpaired) electrons. The zero-order valence-electron chi connectivity index (χ0n) is 22.2. The van der Waals surface area contributed by atoms with E-state index in [4.69, 9.17) is 4.74 Å². The fourth-order valence-corrected chi connectivity index (χ4v) is 9.29. The molecular weight excluding hydrogens is 576 g/mol. The van der Waals surface area contributed by atoms with Gasteiger partial charge in [-0.05, 0) is 67.5 Å². The van der Waals surface area contributed by atoms with Crippen molar-refractivity contribution in [3.63, 3.8) is 0 Å². The summed E-state index contributed by atoms with van der Waals surface area (Å²) in [6, 6.07) is 22.2. The number of ether oxygens (including phenoxy) is 1. The standard InChI is InChI=1S/C30H33BrN2O5Si/c1-19-27(39(2,3)37)26(14-15-34)38-30(19)24-17-22(31)12-13-25(24)33(29(30)36)18-20-8-7-11-23(16-20)32-28(35)21-9-5-4-6-10-21/h4-13,16-17,19,26-27,34,37H,14-15,18H2,1-3H3,(H,32,35)/t19-,26+,27-,30+/m1/s1. The van der Waals surface area contributed by atoms with Crippen LogP contribution in [0.2, 0.25) is 18.6 Å². The molecule has 0 aliphatic carbocycles. The minimum absolute atomic E-state index is 0.0841. The normalized spacial score (nSPS) is 24.3. The van der Waals surface area contributed by atoms with Crippen molar-refractivity contribution in [1.82, 2.24) is 0 Å². The number of halogens is 1. The molecule has 2 aliphatic rings. The molecule has 0 bridgehead atoms. The molecule has 2 amide bonds. The topological polar surface area (TPSA) is 99.1 Å². The Balaban J connectivity index is 1.48. The van der Waals surface area contributed by atoms with Crippen molar-refractivity contribution in [3.05, 3.63) is 94.0 Å². The smallest absolute Gasteiger partial charge is 0.264 e. The molecule has 39 heavy (non-hydrogen) atoms. The van der Waals surface area contributed by atoms with Crippen LogP contribution in [0.3, 0.4) is 0 Å². The quantitative estimate of drug-likeness (QED) is 0.311. The predicted octanol–water partition coefficient (Wildman–Crippen LogP) is 5.43. The number of carbonyl (C=O) groups is 2. The number of anilines is 2. The van der Waals surface area contributed by atoms with Crippen molar-refractivity contribution < 1.29 is 24.2 Å². The monoisotopic (exact) mass is 608 g/mol. The van der Waals surface area contributed by atoms with E-state index in [0.29, 0.717) is 17.7 Å². The number of nitrogens with one attached hydrogen (secondary N) is 1. The van der Waals surface area contributed by atoms with Gasteiger partial charge in [0.2, 0.25) is 0 Å². The first kappa shape index (κ1) is 27.7. The number of benzene rings is 3. The molecule has 5 rings (SSSR count). The molecule has 3 aromatic rings. The van der Waals surface area contributed by atoms with Gasteiger partial charge in [-0.2, -0.15) is 0 Å². The lowest BCUT2D eigenvalue weighted by molar-refractivity contribution is -0.146. The summed E-state index contributed by atoms with van der Waals surface area (Å²) >= 11 is 3.57. The summed E-state index contributed by atoms with van der Waals surface area (Å²) in [4.78, 5) is 40.0. The van der Waals surface area contributed by atoms with Crippen LogP contribution in [0.25, 0.3) is 0 Å².